The zero-order valence-corrected chi connectivity index (χ0v) is 16.7. The van der Waals surface area contributed by atoms with E-state index in [0.29, 0.717) is 21.9 Å². The van der Waals surface area contributed by atoms with Crippen molar-refractivity contribution in [3.63, 3.8) is 0 Å². The van der Waals surface area contributed by atoms with E-state index >= 15 is 0 Å². The zero-order valence-electron chi connectivity index (χ0n) is 15.9. The van der Waals surface area contributed by atoms with Gasteiger partial charge in [-0.3, -0.25) is 4.79 Å². The lowest BCUT2D eigenvalue weighted by molar-refractivity contribution is -0.137. The minimum absolute atomic E-state index is 0.181. The van der Waals surface area contributed by atoms with Crippen molar-refractivity contribution in [1.29, 1.82) is 0 Å². The summed E-state index contributed by atoms with van der Waals surface area (Å²) in [6.45, 7) is 2.09. The normalized spacial score (nSPS) is 21.3. The summed E-state index contributed by atoms with van der Waals surface area (Å²) in [7, 11) is 0. The van der Waals surface area contributed by atoms with Crippen LogP contribution >= 0.6 is 11.8 Å². The summed E-state index contributed by atoms with van der Waals surface area (Å²) >= 11 is 1.18. The van der Waals surface area contributed by atoms with Gasteiger partial charge in [-0.05, 0) is 60.2 Å². The third-order valence-corrected chi connectivity index (χ3v) is 6.91. The topological polar surface area (TPSA) is 29.1 Å². The van der Waals surface area contributed by atoms with Gasteiger partial charge in [0.25, 0.3) is 0 Å². The Balaban J connectivity index is 1.70. The van der Waals surface area contributed by atoms with Crippen LogP contribution in [0.5, 0.6) is 0 Å². The highest BCUT2D eigenvalue weighted by atomic mass is 32.2. The molecule has 2 nitrogen and oxygen atoms in total. The van der Waals surface area contributed by atoms with E-state index in [2.05, 4.69) is 12.2 Å². The van der Waals surface area contributed by atoms with E-state index in [-0.39, 0.29) is 29.8 Å². The summed E-state index contributed by atoms with van der Waals surface area (Å²) in [5.41, 5.74) is 0.712. The summed E-state index contributed by atoms with van der Waals surface area (Å²) in [5, 5.41) is 2.77. The molecule has 2 unspecified atom stereocenters. The smallest absolute Gasteiger partial charge is 0.326 e. The minimum Gasteiger partial charge on any atom is -0.326 e. The second-order valence-electron chi connectivity index (χ2n) is 7.99. The van der Waals surface area contributed by atoms with Gasteiger partial charge in [0.1, 0.15) is 5.82 Å². The molecule has 1 heterocycles. The Morgan fingerprint density at radius 3 is 2.66 bits per heavy atom. The maximum absolute atomic E-state index is 13.7. The van der Waals surface area contributed by atoms with Crippen molar-refractivity contribution < 1.29 is 22.4 Å². The molecular formula is C22H21F4NOS. The van der Waals surface area contributed by atoms with Gasteiger partial charge in [0.15, 0.2) is 0 Å². The molecule has 2 aromatic carbocycles. The van der Waals surface area contributed by atoms with E-state index in [1.54, 1.807) is 6.07 Å². The van der Waals surface area contributed by atoms with Crippen LogP contribution in [0.15, 0.2) is 40.1 Å². The van der Waals surface area contributed by atoms with Gasteiger partial charge in [-0.1, -0.05) is 31.5 Å². The fourth-order valence-electron chi connectivity index (χ4n) is 4.20. The van der Waals surface area contributed by atoms with Crippen LogP contribution < -0.4 is 5.32 Å². The molecule has 0 radical (unpaired) electrons. The van der Waals surface area contributed by atoms with Crippen LogP contribution in [0.4, 0.5) is 23.2 Å². The van der Waals surface area contributed by atoms with Crippen LogP contribution in [0.3, 0.4) is 0 Å². The number of nitrogens with one attached hydrogen (secondary N) is 1. The van der Waals surface area contributed by atoms with Crippen molar-refractivity contribution in [2.45, 2.75) is 55.0 Å². The molecule has 4 rings (SSSR count). The SMILES string of the molecule is CC1CCCC(C(=O)Nc2cc(C(F)(F)F)cc3c2Cc2cc(F)ccc2S3)C1. The van der Waals surface area contributed by atoms with Crippen molar-refractivity contribution >= 4 is 23.4 Å². The lowest BCUT2D eigenvalue weighted by Crippen LogP contribution is -2.28. The molecular weight excluding hydrogens is 402 g/mol. The number of alkyl halides is 3. The fraction of sp³-hybridized carbons (Fsp3) is 0.409. The number of fused-ring (bicyclic) bond motifs is 2. The van der Waals surface area contributed by atoms with Crippen LogP contribution in [0.2, 0.25) is 0 Å². The molecule has 2 atom stereocenters. The summed E-state index contributed by atoms with van der Waals surface area (Å²) in [5.74, 6) is -0.375. The molecule has 0 bridgehead atoms. The molecule has 1 amide bonds. The molecule has 7 heteroatoms. The van der Waals surface area contributed by atoms with Crippen molar-refractivity contribution in [3.05, 3.63) is 52.8 Å². The monoisotopic (exact) mass is 423 g/mol. The van der Waals surface area contributed by atoms with Gasteiger partial charge in [-0.15, -0.1) is 0 Å². The summed E-state index contributed by atoms with van der Waals surface area (Å²) in [4.78, 5) is 14.0. The lowest BCUT2D eigenvalue weighted by Gasteiger charge is -2.28. The van der Waals surface area contributed by atoms with E-state index in [1.165, 1.54) is 23.9 Å². The van der Waals surface area contributed by atoms with E-state index in [4.69, 9.17) is 0 Å². The lowest BCUT2D eigenvalue weighted by atomic mass is 9.82. The van der Waals surface area contributed by atoms with Crippen LogP contribution in [0.25, 0.3) is 0 Å². The summed E-state index contributed by atoms with van der Waals surface area (Å²) in [6.07, 6.45) is -0.720. The molecule has 154 valence electrons. The molecule has 2 aliphatic rings. The molecule has 1 aliphatic heterocycles. The highest BCUT2D eigenvalue weighted by molar-refractivity contribution is 7.99. The molecule has 0 aromatic heterocycles. The number of benzene rings is 2. The number of halogens is 4. The van der Waals surface area contributed by atoms with E-state index < -0.39 is 11.7 Å². The van der Waals surface area contributed by atoms with Gasteiger partial charge >= 0.3 is 6.18 Å². The molecule has 29 heavy (non-hydrogen) atoms. The highest BCUT2D eigenvalue weighted by Gasteiger charge is 2.34. The van der Waals surface area contributed by atoms with Gasteiger partial charge < -0.3 is 5.32 Å². The van der Waals surface area contributed by atoms with E-state index in [1.807, 2.05) is 0 Å². The Morgan fingerprint density at radius 1 is 1.14 bits per heavy atom. The number of anilines is 1. The van der Waals surface area contributed by atoms with Crippen LogP contribution in [-0.2, 0) is 17.4 Å². The number of carbonyl (C=O) groups excluding carboxylic acids is 1. The van der Waals surface area contributed by atoms with Gasteiger partial charge in [0, 0.05) is 27.8 Å². The number of carbonyl (C=O) groups is 1. The maximum atomic E-state index is 13.7. The molecule has 2 aromatic rings. The van der Waals surface area contributed by atoms with Crippen LogP contribution in [0.1, 0.15) is 49.3 Å². The molecule has 0 saturated heterocycles. The predicted molar refractivity (Wildman–Crippen MR) is 105 cm³/mol. The van der Waals surface area contributed by atoms with Crippen molar-refractivity contribution in [2.24, 2.45) is 11.8 Å². The van der Waals surface area contributed by atoms with Crippen LogP contribution in [0, 0.1) is 17.7 Å². The fourth-order valence-corrected chi connectivity index (χ4v) is 5.32. The van der Waals surface area contributed by atoms with E-state index in [0.717, 1.165) is 42.7 Å². The summed E-state index contributed by atoms with van der Waals surface area (Å²) in [6, 6.07) is 6.41. The molecule has 0 spiro atoms. The van der Waals surface area contributed by atoms with E-state index in [9.17, 15) is 22.4 Å². The second kappa shape index (κ2) is 7.67. The molecule has 1 fully saturated rings. The first kappa shape index (κ1) is 20.3. The molecule has 1 saturated carbocycles. The Bertz CT molecular complexity index is 957. The van der Waals surface area contributed by atoms with Crippen molar-refractivity contribution in [3.8, 4) is 0 Å². The Hall–Kier alpha value is -2.02. The zero-order chi connectivity index (χ0) is 20.8. The Morgan fingerprint density at radius 2 is 1.93 bits per heavy atom. The first-order chi connectivity index (χ1) is 13.7. The Kier molecular flexibility index (Phi) is 5.36. The number of hydrogen-bond donors (Lipinski definition) is 1. The van der Waals surface area contributed by atoms with Gasteiger partial charge in [-0.25, -0.2) is 4.39 Å². The highest BCUT2D eigenvalue weighted by Crippen LogP contribution is 2.45. The minimum atomic E-state index is -4.52. The second-order valence-corrected chi connectivity index (χ2v) is 9.07. The number of hydrogen-bond acceptors (Lipinski definition) is 2. The molecule has 1 N–H and O–H groups in total. The van der Waals surface area contributed by atoms with Crippen molar-refractivity contribution in [1.82, 2.24) is 0 Å². The number of rotatable bonds is 2. The van der Waals surface area contributed by atoms with Crippen molar-refractivity contribution in [2.75, 3.05) is 5.32 Å². The first-order valence-corrected chi connectivity index (χ1v) is 10.5. The van der Waals surface area contributed by atoms with Gasteiger partial charge in [-0.2, -0.15) is 13.2 Å². The Labute approximate surface area is 171 Å². The molecule has 1 aliphatic carbocycles. The maximum Gasteiger partial charge on any atom is 0.416 e. The number of amides is 1. The predicted octanol–water partition coefficient (Wildman–Crippen LogP) is 6.66. The van der Waals surface area contributed by atoms with Gasteiger partial charge in [0.2, 0.25) is 5.91 Å². The average Bonchev–Trinajstić information content (AvgIpc) is 2.65. The quantitative estimate of drug-likeness (QED) is 0.467. The standard InChI is InChI=1S/C22H21F4NOS/c1-12-3-2-4-13(7-12)21(28)27-18-10-15(22(24,25)26)11-20-17(18)9-14-8-16(23)5-6-19(14)29-20/h5-6,8,10-13H,2-4,7,9H2,1H3,(H,27,28). The third-order valence-electron chi connectivity index (χ3n) is 5.71. The van der Waals surface area contributed by atoms with Crippen LogP contribution in [-0.4, -0.2) is 5.91 Å². The third kappa shape index (κ3) is 4.29. The largest absolute Gasteiger partial charge is 0.416 e. The first-order valence-electron chi connectivity index (χ1n) is 9.72. The average molecular weight is 423 g/mol. The van der Waals surface area contributed by atoms with Gasteiger partial charge in [0.05, 0.1) is 5.56 Å². The summed E-state index contributed by atoms with van der Waals surface area (Å²) < 4.78 is 54.0.